The van der Waals surface area contributed by atoms with Gasteiger partial charge in [-0.05, 0) is 0 Å². The maximum atomic E-state index is 4.49. The van der Waals surface area contributed by atoms with Crippen molar-refractivity contribution in [3.05, 3.63) is 0 Å². The Morgan fingerprint density at radius 2 is 1.62 bits per heavy atom. The number of rotatable bonds is 4. The number of hydrogen-bond acceptors (Lipinski definition) is 2. The first-order valence-electron chi connectivity index (χ1n) is 4.75. The summed E-state index contributed by atoms with van der Waals surface area (Å²) in [7, 11) is 1.94. The minimum atomic E-state index is -1.64. The fourth-order valence-electron chi connectivity index (χ4n) is 1.65. The van der Waals surface area contributed by atoms with Crippen LogP contribution in [-0.4, -0.2) is 36.6 Å². The van der Waals surface area contributed by atoms with Gasteiger partial charge >= 0.3 is 100 Å². The molecule has 0 saturated heterocycles. The molecule has 0 aromatic rings. The van der Waals surface area contributed by atoms with Gasteiger partial charge in [-0.25, -0.2) is 0 Å². The van der Waals surface area contributed by atoms with Gasteiger partial charge in [0, 0.05) is 0 Å². The van der Waals surface area contributed by atoms with E-state index in [0.29, 0.717) is 0 Å². The predicted octanol–water partition coefficient (Wildman–Crippen LogP) is 4.30. The SMILES string of the molecule is CCP(I)(CC)(CC)C(=NC)SC. The number of hydrogen-bond donors (Lipinski definition) is 0. The Kier molecular flexibility index (Phi) is 5.80. The molecule has 0 N–H and O–H groups in total. The van der Waals surface area contributed by atoms with E-state index in [-0.39, 0.29) is 0 Å². The van der Waals surface area contributed by atoms with Gasteiger partial charge in [0.1, 0.15) is 0 Å². The fourth-order valence-corrected chi connectivity index (χ4v) is 9.89. The van der Waals surface area contributed by atoms with E-state index in [4.69, 9.17) is 0 Å². The molecule has 13 heavy (non-hydrogen) atoms. The zero-order valence-corrected chi connectivity index (χ0v) is 13.2. The molecular formula is C9H21INPS. The third-order valence-corrected chi connectivity index (χ3v) is 19.6. The first-order valence-corrected chi connectivity index (χ1v) is 11.5. The molecule has 0 aliphatic heterocycles. The van der Waals surface area contributed by atoms with Crippen LogP contribution in [0.25, 0.3) is 0 Å². The van der Waals surface area contributed by atoms with E-state index < -0.39 is 4.25 Å². The molecule has 0 spiro atoms. The van der Waals surface area contributed by atoms with Gasteiger partial charge in [0.15, 0.2) is 0 Å². The number of thioether (sulfide) groups is 1. The van der Waals surface area contributed by atoms with Gasteiger partial charge in [-0.15, -0.1) is 0 Å². The molecule has 0 aliphatic rings. The third kappa shape index (κ3) is 2.60. The summed E-state index contributed by atoms with van der Waals surface area (Å²) in [6, 6.07) is 0. The van der Waals surface area contributed by atoms with E-state index in [9.17, 15) is 0 Å². The normalized spacial score (nSPS) is 16.8. The molecule has 0 rings (SSSR count). The van der Waals surface area contributed by atoms with Gasteiger partial charge in [0.05, 0.1) is 0 Å². The van der Waals surface area contributed by atoms with Gasteiger partial charge in [0.2, 0.25) is 0 Å². The standard InChI is InChI=1S/C9H21INPS/c1-6-12(10,7-2,8-3)9(11-4)13-5/h6-8H2,1-5H3. The predicted molar refractivity (Wildman–Crippen MR) is 79.4 cm³/mol. The zero-order valence-electron chi connectivity index (χ0n) is 9.30. The maximum absolute atomic E-state index is 4.49. The second-order valence-corrected chi connectivity index (χ2v) is 17.4. The van der Waals surface area contributed by atoms with Crippen molar-refractivity contribution in [3.63, 3.8) is 0 Å². The topological polar surface area (TPSA) is 12.4 Å². The van der Waals surface area contributed by atoms with Crippen LogP contribution in [0.15, 0.2) is 4.99 Å². The van der Waals surface area contributed by atoms with Gasteiger partial charge in [-0.3, -0.25) is 0 Å². The molecule has 0 unspecified atom stereocenters. The fraction of sp³-hybridized carbons (Fsp3) is 0.889. The van der Waals surface area contributed by atoms with Crippen LogP contribution in [0.2, 0.25) is 0 Å². The Balaban J connectivity index is 5.21. The molecule has 0 atom stereocenters. The summed E-state index contributed by atoms with van der Waals surface area (Å²) in [5.41, 5.74) is 0. The molecule has 0 radical (unpaired) electrons. The molecule has 0 aromatic heterocycles. The van der Waals surface area contributed by atoms with E-state index in [1.807, 2.05) is 18.8 Å². The van der Waals surface area contributed by atoms with Crippen LogP contribution in [0.4, 0.5) is 0 Å². The molecule has 0 aliphatic carbocycles. The Bertz CT molecular complexity index is 191. The Hall–Kier alpha value is 1.18. The van der Waals surface area contributed by atoms with Gasteiger partial charge < -0.3 is 0 Å². The van der Waals surface area contributed by atoms with Crippen molar-refractivity contribution in [2.75, 3.05) is 31.8 Å². The van der Waals surface area contributed by atoms with E-state index in [0.717, 1.165) is 0 Å². The third-order valence-electron chi connectivity index (χ3n) is 3.03. The molecule has 0 aromatic carbocycles. The number of nitrogens with zero attached hydrogens (tertiary/aromatic N) is 1. The van der Waals surface area contributed by atoms with Crippen LogP contribution in [0.1, 0.15) is 20.8 Å². The van der Waals surface area contributed by atoms with Crippen molar-refractivity contribution in [2.24, 2.45) is 4.99 Å². The molecule has 1 nitrogen and oxygen atoms in total. The molecule has 4 heteroatoms. The van der Waals surface area contributed by atoms with Crippen molar-refractivity contribution >= 4 is 42.8 Å². The summed E-state index contributed by atoms with van der Waals surface area (Å²) in [5.74, 6) is 0. The van der Waals surface area contributed by atoms with Crippen LogP contribution in [-0.2, 0) is 0 Å². The van der Waals surface area contributed by atoms with E-state index in [1.54, 1.807) is 0 Å². The van der Waals surface area contributed by atoms with Crippen molar-refractivity contribution in [1.29, 1.82) is 0 Å². The summed E-state index contributed by atoms with van der Waals surface area (Å²) in [6.45, 7) is 6.95. The molecule has 0 bridgehead atoms. The second-order valence-electron chi connectivity index (χ2n) is 3.25. The minimum absolute atomic E-state index is 1.28. The Labute approximate surface area is 100.0 Å². The van der Waals surface area contributed by atoms with Crippen LogP contribution in [0.5, 0.6) is 0 Å². The average molecular weight is 333 g/mol. The van der Waals surface area contributed by atoms with Crippen molar-refractivity contribution in [1.82, 2.24) is 0 Å². The van der Waals surface area contributed by atoms with Gasteiger partial charge in [0.25, 0.3) is 0 Å². The Morgan fingerprint density at radius 1 is 1.23 bits per heavy atom. The van der Waals surface area contributed by atoms with E-state index in [1.165, 1.54) is 23.3 Å². The van der Waals surface area contributed by atoms with Crippen molar-refractivity contribution in [3.8, 4) is 0 Å². The van der Waals surface area contributed by atoms with Crippen molar-refractivity contribution in [2.45, 2.75) is 20.8 Å². The first kappa shape index (κ1) is 14.2. The quantitative estimate of drug-likeness (QED) is 0.323. The van der Waals surface area contributed by atoms with Gasteiger partial charge in [-0.1, -0.05) is 0 Å². The summed E-state index contributed by atoms with van der Waals surface area (Å²) in [5, 5.41) is 0. The monoisotopic (exact) mass is 333 g/mol. The first-order chi connectivity index (χ1) is 6.01. The second kappa shape index (κ2) is 5.32. The van der Waals surface area contributed by atoms with Crippen LogP contribution in [0.3, 0.4) is 0 Å². The molecule has 80 valence electrons. The molecule has 0 fully saturated rings. The van der Waals surface area contributed by atoms with Crippen LogP contribution >= 0.6 is 38.0 Å². The zero-order chi connectivity index (χ0) is 10.6. The molecule has 0 heterocycles. The Morgan fingerprint density at radius 3 is 1.69 bits per heavy atom. The van der Waals surface area contributed by atoms with E-state index >= 15 is 0 Å². The number of aliphatic imine (C=N–C) groups is 1. The summed E-state index contributed by atoms with van der Waals surface area (Å²) < 4.78 is -1.64. The summed E-state index contributed by atoms with van der Waals surface area (Å²) in [4.78, 5) is 5.91. The van der Waals surface area contributed by atoms with Gasteiger partial charge in [-0.2, -0.15) is 0 Å². The average Bonchev–Trinajstić information content (AvgIpc) is 2.19. The molecule has 0 saturated carbocycles. The van der Waals surface area contributed by atoms with Crippen LogP contribution in [0, 0.1) is 0 Å². The molecule has 0 amide bonds. The van der Waals surface area contributed by atoms with Crippen LogP contribution < -0.4 is 0 Å². The summed E-state index contributed by atoms with van der Waals surface area (Å²) in [6.07, 6.45) is 6.01. The van der Waals surface area contributed by atoms with Crippen molar-refractivity contribution < 1.29 is 0 Å². The number of halogens is 1. The van der Waals surface area contributed by atoms with E-state index in [2.05, 4.69) is 54.1 Å². The summed E-state index contributed by atoms with van der Waals surface area (Å²) >= 11 is 4.59. The molecular weight excluding hydrogens is 312 g/mol.